The van der Waals surface area contributed by atoms with Crippen LogP contribution in [0.4, 0.5) is 0 Å². The van der Waals surface area contributed by atoms with Gasteiger partial charge in [0.1, 0.15) is 0 Å². The molecule has 1 unspecified atom stereocenters. The largest absolute Gasteiger partial charge is 0.310 e. The molecule has 15 heavy (non-hydrogen) atoms. The molecule has 1 aromatic rings. The van der Waals surface area contributed by atoms with Crippen LogP contribution in [0.2, 0.25) is 0 Å². The lowest BCUT2D eigenvalue weighted by atomic mass is 9.96. The normalized spacial score (nSPS) is 12.9. The summed E-state index contributed by atoms with van der Waals surface area (Å²) in [6, 6.07) is 9.04. The van der Waals surface area contributed by atoms with Gasteiger partial charge in [0.15, 0.2) is 0 Å². The maximum absolute atomic E-state index is 4.00. The number of likely N-dealkylation sites (N-methyl/N-ethyl adjacent to an activating group) is 1. The van der Waals surface area contributed by atoms with Crippen LogP contribution in [0.15, 0.2) is 36.4 Å². The van der Waals surface area contributed by atoms with Crippen LogP contribution in [0.25, 0.3) is 0 Å². The predicted molar refractivity (Wildman–Crippen MR) is 67.1 cm³/mol. The summed E-state index contributed by atoms with van der Waals surface area (Å²) in [5.74, 6) is 0.594. The molecule has 0 aromatic heterocycles. The van der Waals surface area contributed by atoms with Crippen molar-refractivity contribution in [3.8, 4) is 0 Å². The highest BCUT2D eigenvalue weighted by Gasteiger charge is 2.09. The van der Waals surface area contributed by atoms with Crippen molar-refractivity contribution >= 4 is 0 Å². The second-order valence-corrected chi connectivity index (χ2v) is 4.39. The topological polar surface area (TPSA) is 12.0 Å². The monoisotopic (exact) mass is 203 g/mol. The fraction of sp³-hybridized carbons (Fsp3) is 0.429. The summed E-state index contributed by atoms with van der Waals surface area (Å²) in [6.45, 7) is 10.5. The summed E-state index contributed by atoms with van der Waals surface area (Å²) >= 11 is 0. The highest BCUT2D eigenvalue weighted by atomic mass is 14.9. The van der Waals surface area contributed by atoms with Gasteiger partial charge in [0, 0.05) is 0 Å². The van der Waals surface area contributed by atoms with Gasteiger partial charge in [-0.2, -0.15) is 0 Å². The van der Waals surface area contributed by atoms with Crippen molar-refractivity contribution in [3.63, 3.8) is 0 Å². The lowest BCUT2D eigenvalue weighted by Crippen LogP contribution is -2.16. The quantitative estimate of drug-likeness (QED) is 0.737. The van der Waals surface area contributed by atoms with E-state index in [2.05, 4.69) is 56.9 Å². The Hall–Kier alpha value is -1.08. The molecule has 1 rings (SSSR count). The Bertz CT molecular complexity index is 322. The molecule has 82 valence electrons. The van der Waals surface area contributed by atoms with Gasteiger partial charge in [0.2, 0.25) is 0 Å². The van der Waals surface area contributed by atoms with Crippen LogP contribution < -0.4 is 5.32 Å². The minimum Gasteiger partial charge on any atom is -0.310 e. The van der Waals surface area contributed by atoms with Gasteiger partial charge < -0.3 is 5.32 Å². The second-order valence-electron chi connectivity index (χ2n) is 4.39. The van der Waals surface area contributed by atoms with Crippen molar-refractivity contribution in [3.05, 3.63) is 47.5 Å². The third-order valence-electron chi connectivity index (χ3n) is 2.72. The number of nitrogens with one attached hydrogen (secondary N) is 1. The molecule has 0 saturated carbocycles. The van der Waals surface area contributed by atoms with Crippen LogP contribution in [0.3, 0.4) is 0 Å². The van der Waals surface area contributed by atoms with Crippen LogP contribution in [0.1, 0.15) is 43.9 Å². The van der Waals surface area contributed by atoms with E-state index < -0.39 is 0 Å². The van der Waals surface area contributed by atoms with E-state index in [0.717, 1.165) is 5.57 Å². The third kappa shape index (κ3) is 2.93. The highest BCUT2D eigenvalue weighted by molar-refractivity contribution is 5.30. The van der Waals surface area contributed by atoms with E-state index in [1.807, 2.05) is 7.05 Å². The zero-order valence-corrected chi connectivity index (χ0v) is 10.2. The van der Waals surface area contributed by atoms with Crippen molar-refractivity contribution < 1.29 is 0 Å². The van der Waals surface area contributed by atoms with Crippen LogP contribution in [0.5, 0.6) is 0 Å². The summed E-state index contributed by atoms with van der Waals surface area (Å²) in [6.07, 6.45) is 0. The highest BCUT2D eigenvalue weighted by Crippen LogP contribution is 2.22. The van der Waals surface area contributed by atoms with Crippen LogP contribution in [-0.2, 0) is 0 Å². The van der Waals surface area contributed by atoms with Crippen LogP contribution >= 0.6 is 0 Å². The fourth-order valence-electron chi connectivity index (χ4n) is 1.77. The number of hydrogen-bond acceptors (Lipinski definition) is 1. The smallest absolute Gasteiger partial charge is 0.0528 e. The van der Waals surface area contributed by atoms with E-state index in [1.54, 1.807) is 0 Å². The minimum absolute atomic E-state index is 0.270. The van der Waals surface area contributed by atoms with Gasteiger partial charge in [-0.3, -0.25) is 0 Å². The van der Waals surface area contributed by atoms with Crippen molar-refractivity contribution in [1.29, 1.82) is 0 Å². The molecule has 0 fully saturated rings. The number of rotatable bonds is 4. The number of hydrogen-bond donors (Lipinski definition) is 1. The third-order valence-corrected chi connectivity index (χ3v) is 2.72. The summed E-state index contributed by atoms with van der Waals surface area (Å²) in [4.78, 5) is 0. The molecule has 1 aromatic carbocycles. The Morgan fingerprint density at radius 1 is 1.13 bits per heavy atom. The Morgan fingerprint density at radius 3 is 1.93 bits per heavy atom. The van der Waals surface area contributed by atoms with Crippen molar-refractivity contribution in [2.75, 3.05) is 7.05 Å². The van der Waals surface area contributed by atoms with Crippen molar-refractivity contribution in [1.82, 2.24) is 5.32 Å². The summed E-state index contributed by atoms with van der Waals surface area (Å²) < 4.78 is 0. The van der Waals surface area contributed by atoms with Gasteiger partial charge >= 0.3 is 0 Å². The van der Waals surface area contributed by atoms with Gasteiger partial charge in [-0.05, 0) is 31.0 Å². The maximum Gasteiger partial charge on any atom is 0.0528 e. The first-order valence-electron chi connectivity index (χ1n) is 5.48. The molecular weight excluding hydrogens is 182 g/mol. The minimum atomic E-state index is 0.270. The van der Waals surface area contributed by atoms with Crippen molar-refractivity contribution in [2.45, 2.75) is 32.7 Å². The maximum atomic E-state index is 4.00. The molecule has 0 heterocycles. The first-order valence-corrected chi connectivity index (χ1v) is 5.48. The van der Waals surface area contributed by atoms with Gasteiger partial charge in [-0.15, -0.1) is 0 Å². The van der Waals surface area contributed by atoms with Crippen LogP contribution in [0, 0.1) is 0 Å². The zero-order valence-electron chi connectivity index (χ0n) is 10.2. The first-order chi connectivity index (χ1) is 7.06. The molecule has 1 atom stereocenters. The van der Waals surface area contributed by atoms with Gasteiger partial charge in [-0.25, -0.2) is 0 Å². The molecule has 0 saturated heterocycles. The van der Waals surface area contributed by atoms with E-state index in [1.165, 1.54) is 11.1 Å². The van der Waals surface area contributed by atoms with E-state index in [0.29, 0.717) is 5.92 Å². The van der Waals surface area contributed by atoms with Crippen LogP contribution in [-0.4, -0.2) is 7.05 Å². The average Bonchev–Trinajstić information content (AvgIpc) is 2.19. The molecule has 1 heteroatoms. The SMILES string of the molecule is C=C(C)C(NC)c1ccc(C(C)C)cc1. The van der Waals surface area contributed by atoms with E-state index in [-0.39, 0.29) is 6.04 Å². The molecule has 0 spiro atoms. The van der Waals surface area contributed by atoms with Crippen molar-refractivity contribution in [2.24, 2.45) is 0 Å². The summed E-state index contributed by atoms with van der Waals surface area (Å²) in [5, 5.41) is 3.27. The van der Waals surface area contributed by atoms with Gasteiger partial charge in [0.25, 0.3) is 0 Å². The first kappa shape index (κ1) is 12.0. The molecular formula is C14H21N. The summed E-state index contributed by atoms with van der Waals surface area (Å²) in [5.41, 5.74) is 3.82. The molecule has 0 amide bonds. The number of benzene rings is 1. The second kappa shape index (κ2) is 5.13. The zero-order chi connectivity index (χ0) is 11.4. The predicted octanol–water partition coefficient (Wildman–Crippen LogP) is 3.65. The molecule has 0 bridgehead atoms. The Balaban J connectivity index is 2.92. The standard InChI is InChI=1S/C14H21N/c1-10(2)12-6-8-13(9-7-12)14(15-5)11(3)4/h6-10,14-15H,3H2,1-2,4-5H3. The Kier molecular flexibility index (Phi) is 4.10. The Morgan fingerprint density at radius 2 is 1.60 bits per heavy atom. The molecule has 1 nitrogen and oxygen atoms in total. The van der Waals surface area contributed by atoms with E-state index in [9.17, 15) is 0 Å². The molecule has 1 N–H and O–H groups in total. The van der Waals surface area contributed by atoms with Gasteiger partial charge in [0.05, 0.1) is 6.04 Å². The molecule has 0 aliphatic rings. The van der Waals surface area contributed by atoms with Gasteiger partial charge in [-0.1, -0.05) is 50.3 Å². The Labute approximate surface area is 93.2 Å². The molecule has 0 aliphatic carbocycles. The summed E-state index contributed by atoms with van der Waals surface area (Å²) in [7, 11) is 1.97. The lowest BCUT2D eigenvalue weighted by molar-refractivity contribution is 0.679. The van der Waals surface area contributed by atoms with E-state index >= 15 is 0 Å². The fourth-order valence-corrected chi connectivity index (χ4v) is 1.77. The molecule has 0 radical (unpaired) electrons. The average molecular weight is 203 g/mol. The van der Waals surface area contributed by atoms with E-state index in [4.69, 9.17) is 0 Å². The molecule has 0 aliphatic heterocycles. The lowest BCUT2D eigenvalue weighted by Gasteiger charge is -2.17.